The van der Waals surface area contributed by atoms with Crippen molar-refractivity contribution in [3.05, 3.63) is 89.4 Å². The van der Waals surface area contributed by atoms with Gasteiger partial charge in [0.1, 0.15) is 0 Å². The van der Waals surface area contributed by atoms with E-state index in [2.05, 4.69) is 105 Å². The fourth-order valence-electron chi connectivity index (χ4n) is 3.60. The minimum atomic E-state index is 1.10. The second-order valence-electron chi connectivity index (χ2n) is 6.02. The maximum atomic E-state index is 3.63. The lowest BCUT2D eigenvalue weighted by molar-refractivity contribution is 1.19. The molecule has 0 bridgehead atoms. The van der Waals surface area contributed by atoms with Crippen LogP contribution in [0.4, 0.5) is 0 Å². The van der Waals surface area contributed by atoms with Crippen molar-refractivity contribution in [2.45, 2.75) is 0 Å². The van der Waals surface area contributed by atoms with Crippen LogP contribution in [0.25, 0.3) is 38.3 Å². The van der Waals surface area contributed by atoms with Gasteiger partial charge in [0.2, 0.25) is 0 Å². The summed E-state index contributed by atoms with van der Waals surface area (Å²) in [5, 5.41) is 5.10. The number of hydrogen-bond acceptors (Lipinski definition) is 0. The molecule has 0 spiro atoms. The molecule has 0 radical (unpaired) electrons. The zero-order chi connectivity index (χ0) is 16.1. The molecule has 1 aromatic heterocycles. The predicted octanol–water partition coefficient (Wildman–Crippen LogP) is 6.70. The Bertz CT molecular complexity index is 1200. The molecule has 0 saturated heterocycles. The highest BCUT2D eigenvalue weighted by atomic mass is 79.9. The molecule has 0 atom stereocenters. The molecule has 0 aliphatic rings. The summed E-state index contributed by atoms with van der Waals surface area (Å²) >= 11 is 3.63. The van der Waals surface area contributed by atoms with Crippen LogP contribution < -0.4 is 0 Å². The molecule has 1 nitrogen and oxygen atoms in total. The van der Waals surface area contributed by atoms with Crippen LogP contribution in [0.15, 0.2) is 89.4 Å². The van der Waals surface area contributed by atoms with Crippen LogP contribution in [0, 0.1) is 0 Å². The first-order valence-corrected chi connectivity index (χ1v) is 8.79. The Kier molecular flexibility index (Phi) is 3.00. The number of hydrogen-bond donors (Lipinski definition) is 0. The second-order valence-corrected chi connectivity index (χ2v) is 6.93. The van der Waals surface area contributed by atoms with Crippen LogP contribution in [-0.2, 0) is 0 Å². The van der Waals surface area contributed by atoms with Crippen LogP contribution in [0.2, 0.25) is 0 Å². The molecular formula is C22H14BrN. The van der Waals surface area contributed by atoms with E-state index in [0.29, 0.717) is 0 Å². The average Bonchev–Trinajstić information content (AvgIpc) is 2.97. The van der Waals surface area contributed by atoms with E-state index in [9.17, 15) is 0 Å². The monoisotopic (exact) mass is 371 g/mol. The van der Waals surface area contributed by atoms with Crippen molar-refractivity contribution in [3.8, 4) is 5.69 Å². The van der Waals surface area contributed by atoms with Crippen LogP contribution >= 0.6 is 15.9 Å². The Morgan fingerprint density at radius 3 is 2.25 bits per heavy atom. The van der Waals surface area contributed by atoms with Gasteiger partial charge < -0.3 is 4.57 Å². The molecule has 4 aromatic carbocycles. The number of fused-ring (bicyclic) bond motifs is 5. The molecule has 24 heavy (non-hydrogen) atoms. The predicted molar refractivity (Wildman–Crippen MR) is 106 cm³/mol. The Labute approximate surface area is 148 Å². The molecule has 0 fully saturated rings. The summed E-state index contributed by atoms with van der Waals surface area (Å²) in [6, 6.07) is 30.2. The molecule has 5 aromatic rings. The topological polar surface area (TPSA) is 4.93 Å². The zero-order valence-electron chi connectivity index (χ0n) is 12.9. The quantitative estimate of drug-likeness (QED) is 0.309. The standard InChI is InChI=1S/C22H14BrN/c23-16-12-10-15-11-13-19-18-8-4-5-9-21(18)24(22(19)20(15)14-16)17-6-2-1-3-7-17/h1-14H. The average molecular weight is 372 g/mol. The van der Waals surface area contributed by atoms with Crippen LogP contribution in [0.3, 0.4) is 0 Å². The Morgan fingerprint density at radius 1 is 0.625 bits per heavy atom. The third kappa shape index (κ3) is 1.93. The van der Waals surface area contributed by atoms with Crippen LogP contribution in [0.5, 0.6) is 0 Å². The normalized spacial score (nSPS) is 11.5. The van der Waals surface area contributed by atoms with Crippen LogP contribution in [-0.4, -0.2) is 4.57 Å². The van der Waals surface area contributed by atoms with Gasteiger partial charge >= 0.3 is 0 Å². The van der Waals surface area contributed by atoms with Gasteiger partial charge in [0.15, 0.2) is 0 Å². The van der Waals surface area contributed by atoms with Crippen LogP contribution in [0.1, 0.15) is 0 Å². The van der Waals surface area contributed by atoms with E-state index in [-0.39, 0.29) is 0 Å². The molecule has 0 unspecified atom stereocenters. The smallest absolute Gasteiger partial charge is 0.0619 e. The van der Waals surface area contributed by atoms with Crippen molar-refractivity contribution in [3.63, 3.8) is 0 Å². The first-order chi connectivity index (χ1) is 11.8. The SMILES string of the molecule is Brc1ccc2ccc3c4ccccc4n(-c4ccccc4)c3c2c1. The third-order valence-corrected chi connectivity index (χ3v) is 5.12. The van der Waals surface area contributed by atoms with Gasteiger partial charge in [-0.05, 0) is 35.7 Å². The molecule has 1 heterocycles. The summed E-state index contributed by atoms with van der Waals surface area (Å²) in [5.74, 6) is 0. The molecule has 5 rings (SSSR count). The van der Waals surface area contributed by atoms with Gasteiger partial charge in [-0.1, -0.05) is 70.5 Å². The highest BCUT2D eigenvalue weighted by Crippen LogP contribution is 2.37. The largest absolute Gasteiger partial charge is 0.309 e. The lowest BCUT2D eigenvalue weighted by Crippen LogP contribution is -1.93. The molecular weight excluding hydrogens is 358 g/mol. The number of para-hydroxylation sites is 2. The van der Waals surface area contributed by atoms with Gasteiger partial charge in [0, 0.05) is 26.3 Å². The zero-order valence-corrected chi connectivity index (χ0v) is 14.5. The fraction of sp³-hybridized carbons (Fsp3) is 0. The molecule has 114 valence electrons. The maximum absolute atomic E-state index is 3.63. The van der Waals surface area contributed by atoms with Crippen molar-refractivity contribution in [1.29, 1.82) is 0 Å². The van der Waals surface area contributed by atoms with E-state index >= 15 is 0 Å². The lowest BCUT2D eigenvalue weighted by atomic mass is 10.1. The summed E-state index contributed by atoms with van der Waals surface area (Å²) in [6.45, 7) is 0. The molecule has 0 aliphatic heterocycles. The summed E-state index contributed by atoms with van der Waals surface area (Å²) in [7, 11) is 0. The minimum absolute atomic E-state index is 1.10. The minimum Gasteiger partial charge on any atom is -0.309 e. The highest BCUT2D eigenvalue weighted by Gasteiger charge is 2.14. The van der Waals surface area contributed by atoms with E-state index < -0.39 is 0 Å². The number of aromatic nitrogens is 1. The number of nitrogens with zero attached hydrogens (tertiary/aromatic N) is 1. The first-order valence-electron chi connectivity index (χ1n) is 8.00. The summed E-state index contributed by atoms with van der Waals surface area (Å²) in [5.41, 5.74) is 3.70. The highest BCUT2D eigenvalue weighted by molar-refractivity contribution is 9.10. The Morgan fingerprint density at radius 2 is 1.38 bits per heavy atom. The molecule has 0 N–H and O–H groups in total. The van der Waals surface area contributed by atoms with Crippen molar-refractivity contribution in [2.75, 3.05) is 0 Å². The summed E-state index contributed by atoms with van der Waals surface area (Å²) < 4.78 is 3.48. The van der Waals surface area contributed by atoms with Gasteiger partial charge in [-0.25, -0.2) is 0 Å². The van der Waals surface area contributed by atoms with Gasteiger partial charge in [0.25, 0.3) is 0 Å². The number of rotatable bonds is 1. The van der Waals surface area contributed by atoms with Crippen molar-refractivity contribution < 1.29 is 0 Å². The van der Waals surface area contributed by atoms with Crippen molar-refractivity contribution >= 4 is 48.5 Å². The van der Waals surface area contributed by atoms with Gasteiger partial charge in [-0.3, -0.25) is 0 Å². The maximum Gasteiger partial charge on any atom is 0.0619 e. The summed E-state index contributed by atoms with van der Waals surface area (Å²) in [6.07, 6.45) is 0. The molecule has 0 saturated carbocycles. The molecule has 0 aliphatic carbocycles. The van der Waals surface area contributed by atoms with E-state index in [4.69, 9.17) is 0 Å². The van der Waals surface area contributed by atoms with Crippen molar-refractivity contribution in [1.82, 2.24) is 4.57 Å². The number of benzene rings is 4. The first kappa shape index (κ1) is 13.8. The van der Waals surface area contributed by atoms with Gasteiger partial charge in [-0.15, -0.1) is 0 Å². The molecule has 0 amide bonds. The van der Waals surface area contributed by atoms with Gasteiger partial charge in [-0.2, -0.15) is 0 Å². The second kappa shape index (κ2) is 5.22. The van der Waals surface area contributed by atoms with E-state index in [1.54, 1.807) is 0 Å². The lowest BCUT2D eigenvalue weighted by Gasteiger charge is -2.10. The third-order valence-electron chi connectivity index (χ3n) is 4.63. The van der Waals surface area contributed by atoms with E-state index in [1.165, 1.54) is 38.3 Å². The summed E-state index contributed by atoms with van der Waals surface area (Å²) in [4.78, 5) is 0. The fourth-order valence-corrected chi connectivity index (χ4v) is 3.96. The Balaban J connectivity index is 2.09. The number of halogens is 1. The van der Waals surface area contributed by atoms with E-state index in [0.717, 1.165) is 4.47 Å². The molecule has 2 heteroatoms. The van der Waals surface area contributed by atoms with Gasteiger partial charge in [0.05, 0.1) is 11.0 Å². The Hall–Kier alpha value is -2.58. The van der Waals surface area contributed by atoms with Crippen molar-refractivity contribution in [2.24, 2.45) is 0 Å². The van der Waals surface area contributed by atoms with E-state index in [1.807, 2.05) is 0 Å².